The van der Waals surface area contributed by atoms with E-state index in [1.54, 1.807) is 12.1 Å². The number of hydrogen-bond donors (Lipinski definition) is 1. The Kier molecular flexibility index (Phi) is 4.49. The normalized spacial score (nSPS) is 10.7. The average Bonchev–Trinajstić information content (AvgIpc) is 2.25. The first kappa shape index (κ1) is 11.9. The molecule has 1 rings (SSSR count). The van der Waals surface area contributed by atoms with Crippen LogP contribution < -0.4 is 4.74 Å². The molecule has 0 radical (unpaired) electrons. The van der Waals surface area contributed by atoms with Crippen molar-refractivity contribution in [3.05, 3.63) is 29.3 Å². The van der Waals surface area contributed by atoms with E-state index >= 15 is 0 Å². The second-order valence-electron chi connectivity index (χ2n) is 3.17. The summed E-state index contributed by atoms with van der Waals surface area (Å²) in [4.78, 5) is 0. The maximum Gasteiger partial charge on any atom is 0.267 e. The van der Waals surface area contributed by atoms with Gasteiger partial charge in [-0.25, -0.2) is 8.78 Å². The van der Waals surface area contributed by atoms with Gasteiger partial charge < -0.3 is 9.84 Å². The topological polar surface area (TPSA) is 29.5 Å². The molecule has 0 unspecified atom stereocenters. The molecule has 0 aliphatic rings. The fourth-order valence-corrected chi connectivity index (χ4v) is 1.49. The van der Waals surface area contributed by atoms with Crippen LogP contribution in [0.4, 0.5) is 8.78 Å². The fourth-order valence-electron chi connectivity index (χ4n) is 1.49. The van der Waals surface area contributed by atoms with Gasteiger partial charge in [-0.15, -0.1) is 0 Å². The molecule has 1 N–H and O–H groups in total. The molecule has 0 aromatic heterocycles. The number of benzene rings is 1. The summed E-state index contributed by atoms with van der Waals surface area (Å²) in [5.41, 5.74) is 0.622. The molecule has 15 heavy (non-hydrogen) atoms. The van der Waals surface area contributed by atoms with Crippen molar-refractivity contribution < 1.29 is 18.6 Å². The molecule has 0 aliphatic carbocycles. The molecular formula is C11H14F2O2. The first-order valence-corrected chi connectivity index (χ1v) is 4.75. The van der Waals surface area contributed by atoms with Crippen LogP contribution in [-0.4, -0.2) is 18.8 Å². The zero-order valence-electron chi connectivity index (χ0n) is 8.54. The van der Waals surface area contributed by atoms with E-state index in [0.717, 1.165) is 0 Å². The molecule has 0 saturated carbocycles. The Hall–Kier alpha value is -1.16. The van der Waals surface area contributed by atoms with Crippen molar-refractivity contribution in [1.29, 1.82) is 0 Å². The number of para-hydroxylation sites is 1. The molecular weight excluding hydrogens is 202 g/mol. The lowest BCUT2D eigenvalue weighted by molar-refractivity contribution is 0.147. The van der Waals surface area contributed by atoms with Gasteiger partial charge in [-0.2, -0.15) is 0 Å². The van der Waals surface area contributed by atoms with Crippen molar-refractivity contribution >= 4 is 0 Å². The third-order valence-corrected chi connectivity index (χ3v) is 2.17. The highest BCUT2D eigenvalue weighted by Crippen LogP contribution is 2.32. The zero-order chi connectivity index (χ0) is 11.3. The molecule has 1 aromatic rings. The summed E-state index contributed by atoms with van der Waals surface area (Å²) in [6.07, 6.45) is -1.45. The molecule has 0 aliphatic heterocycles. The van der Waals surface area contributed by atoms with Crippen molar-refractivity contribution in [3.63, 3.8) is 0 Å². The lowest BCUT2D eigenvalue weighted by atomic mass is 10.0. The molecule has 4 heteroatoms. The molecule has 1 aromatic carbocycles. The van der Waals surface area contributed by atoms with E-state index < -0.39 is 6.43 Å². The minimum atomic E-state index is -2.53. The zero-order valence-corrected chi connectivity index (χ0v) is 8.54. The lowest BCUT2D eigenvalue weighted by Gasteiger charge is -2.12. The SMILES string of the molecule is COc1c(CCCO)cccc1C(F)F. The molecule has 2 nitrogen and oxygen atoms in total. The highest BCUT2D eigenvalue weighted by molar-refractivity contribution is 5.42. The van der Waals surface area contributed by atoms with Crippen LogP contribution in [0.5, 0.6) is 5.75 Å². The van der Waals surface area contributed by atoms with Gasteiger partial charge in [-0.05, 0) is 24.5 Å². The summed E-state index contributed by atoms with van der Waals surface area (Å²) >= 11 is 0. The second-order valence-corrected chi connectivity index (χ2v) is 3.17. The smallest absolute Gasteiger partial charge is 0.267 e. The van der Waals surface area contributed by atoms with E-state index in [2.05, 4.69) is 0 Å². The van der Waals surface area contributed by atoms with Crippen LogP contribution in [0.25, 0.3) is 0 Å². The second kappa shape index (κ2) is 5.66. The summed E-state index contributed by atoms with van der Waals surface area (Å²) in [5, 5.41) is 8.68. The first-order valence-electron chi connectivity index (χ1n) is 4.75. The molecule has 0 heterocycles. The molecule has 0 bridgehead atoms. The third-order valence-electron chi connectivity index (χ3n) is 2.17. The summed E-state index contributed by atoms with van der Waals surface area (Å²) in [6.45, 7) is 0.0437. The summed E-state index contributed by atoms with van der Waals surface area (Å²) in [7, 11) is 1.38. The highest BCUT2D eigenvalue weighted by Gasteiger charge is 2.16. The van der Waals surface area contributed by atoms with E-state index in [1.165, 1.54) is 13.2 Å². The van der Waals surface area contributed by atoms with Gasteiger partial charge in [0.05, 0.1) is 12.7 Å². The van der Waals surface area contributed by atoms with Crippen LogP contribution >= 0.6 is 0 Å². The maximum atomic E-state index is 12.6. The molecule has 0 saturated heterocycles. The van der Waals surface area contributed by atoms with Gasteiger partial charge in [0.1, 0.15) is 5.75 Å². The predicted octanol–water partition coefficient (Wildman–Crippen LogP) is 2.56. The van der Waals surface area contributed by atoms with Gasteiger partial charge in [0.25, 0.3) is 6.43 Å². The molecule has 84 valence electrons. The minimum Gasteiger partial charge on any atom is -0.496 e. The Morgan fingerprint density at radius 3 is 2.67 bits per heavy atom. The number of methoxy groups -OCH3 is 1. The van der Waals surface area contributed by atoms with Gasteiger partial charge in [-0.1, -0.05) is 12.1 Å². The Morgan fingerprint density at radius 1 is 1.40 bits per heavy atom. The van der Waals surface area contributed by atoms with Crippen LogP contribution in [0.1, 0.15) is 24.0 Å². The quantitative estimate of drug-likeness (QED) is 0.819. The summed E-state index contributed by atoms with van der Waals surface area (Å²) in [6, 6.07) is 4.67. The number of halogens is 2. The van der Waals surface area contributed by atoms with Gasteiger partial charge in [0.2, 0.25) is 0 Å². The Bertz CT molecular complexity index is 313. The number of rotatable bonds is 5. The first-order chi connectivity index (χ1) is 7.20. The monoisotopic (exact) mass is 216 g/mol. The number of aliphatic hydroxyl groups excluding tert-OH is 1. The van der Waals surface area contributed by atoms with E-state index in [0.29, 0.717) is 18.4 Å². The Labute approximate surface area is 87.5 Å². The van der Waals surface area contributed by atoms with Crippen molar-refractivity contribution in [2.75, 3.05) is 13.7 Å². The van der Waals surface area contributed by atoms with E-state index in [-0.39, 0.29) is 17.9 Å². The number of ether oxygens (including phenoxy) is 1. The number of aryl methyl sites for hydroxylation is 1. The lowest BCUT2D eigenvalue weighted by Crippen LogP contribution is -1.99. The average molecular weight is 216 g/mol. The van der Waals surface area contributed by atoms with Crippen molar-refractivity contribution in [2.45, 2.75) is 19.3 Å². The van der Waals surface area contributed by atoms with Crippen LogP contribution in [0.15, 0.2) is 18.2 Å². The van der Waals surface area contributed by atoms with Crippen molar-refractivity contribution in [1.82, 2.24) is 0 Å². The van der Waals surface area contributed by atoms with Crippen molar-refractivity contribution in [3.8, 4) is 5.75 Å². The van der Waals surface area contributed by atoms with E-state index in [1.807, 2.05) is 0 Å². The van der Waals surface area contributed by atoms with Gasteiger partial charge >= 0.3 is 0 Å². The standard InChI is InChI=1S/C11H14F2O2/c1-15-10-8(5-3-7-14)4-2-6-9(10)11(12)13/h2,4,6,11,14H,3,5,7H2,1H3. The molecule has 0 fully saturated rings. The summed E-state index contributed by atoms with van der Waals surface area (Å²) in [5.74, 6) is 0.237. The Balaban J connectivity index is 2.99. The largest absolute Gasteiger partial charge is 0.496 e. The van der Waals surface area contributed by atoms with Gasteiger partial charge in [0, 0.05) is 6.61 Å². The van der Waals surface area contributed by atoms with E-state index in [9.17, 15) is 8.78 Å². The van der Waals surface area contributed by atoms with Crippen LogP contribution in [-0.2, 0) is 6.42 Å². The third kappa shape index (κ3) is 2.89. The predicted molar refractivity (Wildman–Crippen MR) is 53.4 cm³/mol. The maximum absolute atomic E-state index is 12.6. The summed E-state index contributed by atoms with van der Waals surface area (Å²) < 4.78 is 30.1. The molecule has 0 atom stereocenters. The van der Waals surface area contributed by atoms with Gasteiger partial charge in [-0.3, -0.25) is 0 Å². The fraction of sp³-hybridized carbons (Fsp3) is 0.455. The van der Waals surface area contributed by atoms with Crippen LogP contribution in [0, 0.1) is 0 Å². The number of alkyl halides is 2. The highest BCUT2D eigenvalue weighted by atomic mass is 19.3. The van der Waals surface area contributed by atoms with E-state index in [4.69, 9.17) is 9.84 Å². The van der Waals surface area contributed by atoms with Crippen LogP contribution in [0.2, 0.25) is 0 Å². The molecule has 0 spiro atoms. The molecule has 0 amide bonds. The minimum absolute atomic E-state index is 0.0437. The van der Waals surface area contributed by atoms with Crippen molar-refractivity contribution in [2.24, 2.45) is 0 Å². The Morgan fingerprint density at radius 2 is 2.13 bits per heavy atom. The van der Waals surface area contributed by atoms with Gasteiger partial charge in [0.15, 0.2) is 0 Å². The number of aliphatic hydroxyl groups is 1. The number of hydrogen-bond acceptors (Lipinski definition) is 2. The van der Waals surface area contributed by atoms with Crippen LogP contribution in [0.3, 0.4) is 0 Å².